The van der Waals surface area contributed by atoms with E-state index in [1.165, 1.54) is 11.3 Å². The van der Waals surface area contributed by atoms with E-state index in [1.54, 1.807) is 0 Å². The first-order valence-corrected chi connectivity index (χ1v) is 8.37. The van der Waals surface area contributed by atoms with Crippen molar-refractivity contribution in [2.24, 2.45) is 0 Å². The molecule has 7 heteroatoms. The molecule has 1 aromatic heterocycles. The Morgan fingerprint density at radius 2 is 2.00 bits per heavy atom. The number of carbonyl (C=O) groups excluding carboxylic acids is 1. The highest BCUT2D eigenvalue weighted by Crippen LogP contribution is 2.28. The minimum Gasteiger partial charge on any atom is -0.382 e. The average molecular weight is 311 g/mol. The van der Waals surface area contributed by atoms with Gasteiger partial charge in [-0.3, -0.25) is 9.69 Å². The first kappa shape index (κ1) is 16.0. The van der Waals surface area contributed by atoms with Crippen LogP contribution in [0.4, 0.5) is 10.9 Å². The molecule has 1 amide bonds. The van der Waals surface area contributed by atoms with Gasteiger partial charge in [0.15, 0.2) is 5.13 Å². The van der Waals surface area contributed by atoms with Crippen LogP contribution in [0.1, 0.15) is 29.9 Å². The number of anilines is 2. The van der Waals surface area contributed by atoms with Crippen molar-refractivity contribution in [3.05, 3.63) is 4.88 Å². The van der Waals surface area contributed by atoms with Crippen molar-refractivity contribution in [2.75, 3.05) is 56.9 Å². The topological polar surface area (TPSA) is 65.7 Å². The largest absolute Gasteiger partial charge is 0.382 e. The Kier molecular flexibility index (Phi) is 5.41. The van der Waals surface area contributed by atoms with Gasteiger partial charge in [-0.2, -0.15) is 0 Å². The van der Waals surface area contributed by atoms with Crippen LogP contribution < -0.4 is 10.6 Å². The zero-order valence-electron chi connectivity index (χ0n) is 13.1. The van der Waals surface area contributed by atoms with Crippen LogP contribution in [-0.4, -0.2) is 67.0 Å². The molecule has 0 unspecified atom stereocenters. The Hall–Kier alpha value is -1.34. The highest BCUT2D eigenvalue weighted by atomic mass is 32.1. The van der Waals surface area contributed by atoms with Crippen molar-refractivity contribution < 1.29 is 4.79 Å². The summed E-state index contributed by atoms with van der Waals surface area (Å²) in [4.78, 5) is 23.8. The van der Waals surface area contributed by atoms with Gasteiger partial charge in [0, 0.05) is 39.8 Å². The summed E-state index contributed by atoms with van der Waals surface area (Å²) >= 11 is 1.39. The number of hydrogen-bond acceptors (Lipinski definition) is 6. The number of carbonyl (C=O) groups is 1. The van der Waals surface area contributed by atoms with Gasteiger partial charge in [-0.15, -0.1) is 0 Å². The highest BCUT2D eigenvalue weighted by molar-refractivity contribution is 7.18. The van der Waals surface area contributed by atoms with Crippen LogP contribution in [0, 0.1) is 0 Å². The number of rotatable bonds is 5. The molecule has 21 heavy (non-hydrogen) atoms. The maximum absolute atomic E-state index is 12.6. The number of aromatic nitrogens is 1. The Bertz CT molecular complexity index is 482. The summed E-state index contributed by atoms with van der Waals surface area (Å²) in [6.07, 6.45) is 1.16. The van der Waals surface area contributed by atoms with Crippen LogP contribution in [0.15, 0.2) is 0 Å². The zero-order valence-corrected chi connectivity index (χ0v) is 13.9. The molecule has 1 saturated heterocycles. The Labute approximate surface area is 130 Å². The molecule has 2 heterocycles. The van der Waals surface area contributed by atoms with Gasteiger partial charge in [0.25, 0.3) is 5.91 Å². The molecule has 118 valence electrons. The molecule has 0 aromatic carbocycles. The van der Waals surface area contributed by atoms with Crippen molar-refractivity contribution in [3.63, 3.8) is 0 Å². The van der Waals surface area contributed by atoms with Gasteiger partial charge in [-0.1, -0.05) is 18.3 Å². The van der Waals surface area contributed by atoms with E-state index in [0.29, 0.717) is 10.7 Å². The molecule has 1 aliphatic rings. The van der Waals surface area contributed by atoms with Crippen molar-refractivity contribution >= 4 is 28.2 Å². The minimum atomic E-state index is 0.0249. The van der Waals surface area contributed by atoms with Gasteiger partial charge in [-0.25, -0.2) is 4.98 Å². The lowest BCUT2D eigenvalue weighted by atomic mass is 10.3. The molecule has 1 fully saturated rings. The lowest BCUT2D eigenvalue weighted by Crippen LogP contribution is -2.48. The number of piperazine rings is 1. The summed E-state index contributed by atoms with van der Waals surface area (Å²) in [6, 6.07) is 0. The third kappa shape index (κ3) is 3.65. The number of thiazole rings is 1. The van der Waals surface area contributed by atoms with E-state index in [9.17, 15) is 4.79 Å². The molecule has 0 spiro atoms. The van der Waals surface area contributed by atoms with Crippen LogP contribution in [0.2, 0.25) is 0 Å². The van der Waals surface area contributed by atoms with Crippen LogP contribution in [0.3, 0.4) is 0 Å². The monoisotopic (exact) mass is 311 g/mol. The SMILES string of the molecule is CCCN1CCN(C(=O)c2sc(N(C)CC)nc2N)CC1. The molecule has 1 aliphatic heterocycles. The number of nitrogens with two attached hydrogens (primary N) is 1. The van der Waals surface area contributed by atoms with Gasteiger partial charge in [0.1, 0.15) is 10.7 Å². The Balaban J connectivity index is 2.02. The number of amides is 1. The smallest absolute Gasteiger partial charge is 0.267 e. The lowest BCUT2D eigenvalue weighted by Gasteiger charge is -2.34. The predicted molar refractivity (Wildman–Crippen MR) is 88.1 cm³/mol. The van der Waals surface area contributed by atoms with Gasteiger partial charge in [-0.05, 0) is 19.9 Å². The summed E-state index contributed by atoms with van der Waals surface area (Å²) in [5, 5.41) is 0.808. The number of nitrogens with zero attached hydrogens (tertiary/aromatic N) is 4. The van der Waals surface area contributed by atoms with E-state index in [2.05, 4.69) is 16.8 Å². The third-order valence-corrected chi connectivity index (χ3v) is 5.01. The molecule has 0 radical (unpaired) electrons. The third-order valence-electron chi connectivity index (χ3n) is 3.84. The minimum absolute atomic E-state index is 0.0249. The van der Waals surface area contributed by atoms with Crippen molar-refractivity contribution in [1.82, 2.24) is 14.8 Å². The average Bonchev–Trinajstić information content (AvgIpc) is 2.89. The van der Waals surface area contributed by atoms with Crippen molar-refractivity contribution in [3.8, 4) is 0 Å². The second-order valence-corrected chi connectivity index (χ2v) is 6.34. The standard InChI is InChI=1S/C14H25N5OS/c1-4-6-18-7-9-19(10-8-18)13(20)11-12(15)16-14(21-11)17(3)5-2/h4-10,15H2,1-3H3. The summed E-state index contributed by atoms with van der Waals surface area (Å²) in [5.41, 5.74) is 5.93. The Morgan fingerprint density at radius 3 is 2.57 bits per heavy atom. The van der Waals surface area contributed by atoms with Crippen LogP contribution >= 0.6 is 11.3 Å². The maximum Gasteiger partial charge on any atom is 0.267 e. The molecular formula is C14H25N5OS. The number of hydrogen-bond donors (Lipinski definition) is 1. The molecule has 0 atom stereocenters. The molecule has 0 bridgehead atoms. The van der Waals surface area contributed by atoms with E-state index < -0.39 is 0 Å². The maximum atomic E-state index is 12.6. The fraction of sp³-hybridized carbons (Fsp3) is 0.714. The van der Waals surface area contributed by atoms with Gasteiger partial charge < -0.3 is 15.5 Å². The number of nitrogen functional groups attached to an aromatic ring is 1. The first-order chi connectivity index (χ1) is 10.1. The molecule has 2 rings (SSSR count). The van der Waals surface area contributed by atoms with Gasteiger partial charge in [0.05, 0.1) is 0 Å². The first-order valence-electron chi connectivity index (χ1n) is 7.55. The zero-order chi connectivity index (χ0) is 15.4. The van der Waals surface area contributed by atoms with E-state index >= 15 is 0 Å². The van der Waals surface area contributed by atoms with Crippen molar-refractivity contribution in [1.29, 1.82) is 0 Å². The van der Waals surface area contributed by atoms with Crippen LogP contribution in [-0.2, 0) is 0 Å². The highest BCUT2D eigenvalue weighted by Gasteiger charge is 2.26. The molecule has 0 saturated carbocycles. The predicted octanol–water partition coefficient (Wildman–Crippen LogP) is 1.35. The second kappa shape index (κ2) is 7.09. The molecule has 0 aliphatic carbocycles. The van der Waals surface area contributed by atoms with E-state index in [4.69, 9.17) is 5.73 Å². The van der Waals surface area contributed by atoms with Gasteiger partial charge in [0.2, 0.25) is 0 Å². The van der Waals surface area contributed by atoms with Crippen molar-refractivity contribution in [2.45, 2.75) is 20.3 Å². The van der Waals surface area contributed by atoms with Crippen LogP contribution in [0.25, 0.3) is 0 Å². The summed E-state index contributed by atoms with van der Waals surface area (Å²) in [7, 11) is 1.95. The fourth-order valence-corrected chi connectivity index (χ4v) is 3.38. The molecule has 6 nitrogen and oxygen atoms in total. The molecular weight excluding hydrogens is 286 g/mol. The summed E-state index contributed by atoms with van der Waals surface area (Å²) in [5.74, 6) is 0.383. The van der Waals surface area contributed by atoms with Crippen LogP contribution in [0.5, 0.6) is 0 Å². The normalized spacial score (nSPS) is 16.2. The Morgan fingerprint density at radius 1 is 1.33 bits per heavy atom. The van der Waals surface area contributed by atoms with E-state index in [0.717, 1.165) is 50.8 Å². The van der Waals surface area contributed by atoms with E-state index in [-0.39, 0.29) is 5.91 Å². The van der Waals surface area contributed by atoms with Gasteiger partial charge >= 0.3 is 0 Å². The van der Waals surface area contributed by atoms with E-state index in [1.807, 2.05) is 23.8 Å². The summed E-state index contributed by atoms with van der Waals surface area (Å²) in [6.45, 7) is 9.62. The quantitative estimate of drug-likeness (QED) is 0.889. The summed E-state index contributed by atoms with van der Waals surface area (Å²) < 4.78 is 0. The molecule has 2 N–H and O–H groups in total. The second-order valence-electron chi connectivity index (χ2n) is 5.36. The fourth-order valence-electron chi connectivity index (χ4n) is 2.41. The molecule has 1 aromatic rings. The lowest BCUT2D eigenvalue weighted by molar-refractivity contribution is 0.0643.